The first-order chi connectivity index (χ1) is 12.0. The fourth-order valence-electron chi connectivity index (χ4n) is 3.40. The molecule has 2 aliphatic rings. The lowest BCUT2D eigenvalue weighted by molar-refractivity contribution is 0.348. The van der Waals surface area contributed by atoms with Crippen LogP contribution in [-0.4, -0.2) is 33.0 Å². The number of ether oxygens (including phenoxy) is 2. The van der Waals surface area contributed by atoms with E-state index >= 15 is 0 Å². The van der Waals surface area contributed by atoms with Crippen LogP contribution in [0.15, 0.2) is 22.4 Å². The Morgan fingerprint density at radius 3 is 2.76 bits per heavy atom. The molecular formula is C18H21NO4S2. The zero-order chi connectivity index (χ0) is 17.6. The molecule has 0 atom stereocenters. The van der Waals surface area contributed by atoms with Gasteiger partial charge in [-0.15, -0.1) is 11.3 Å². The predicted octanol–water partition coefficient (Wildman–Crippen LogP) is 3.00. The topological polar surface area (TPSA) is 55.8 Å². The van der Waals surface area contributed by atoms with Crippen molar-refractivity contribution >= 4 is 21.4 Å². The second kappa shape index (κ2) is 6.30. The lowest BCUT2D eigenvalue weighted by Gasteiger charge is -2.20. The Bertz CT molecular complexity index is 885. The number of nitrogens with zero attached hydrogens (tertiary/aromatic N) is 1. The lowest BCUT2D eigenvalue weighted by atomic mass is 9.99. The Morgan fingerprint density at radius 2 is 2.00 bits per heavy atom. The Balaban J connectivity index is 1.68. The second-order valence-electron chi connectivity index (χ2n) is 6.35. The summed E-state index contributed by atoms with van der Waals surface area (Å²) in [5, 5.41) is 0. The molecule has 0 saturated heterocycles. The highest BCUT2D eigenvalue weighted by atomic mass is 32.2. The Hall–Kier alpha value is -1.57. The molecule has 5 nitrogen and oxygen atoms in total. The van der Waals surface area contributed by atoms with E-state index in [9.17, 15) is 8.42 Å². The van der Waals surface area contributed by atoms with Crippen molar-refractivity contribution in [3.8, 4) is 11.5 Å². The maximum atomic E-state index is 12.9. The molecule has 0 aliphatic carbocycles. The number of hydrogen-bond acceptors (Lipinski definition) is 5. The van der Waals surface area contributed by atoms with E-state index in [1.165, 1.54) is 15.6 Å². The Kier molecular flexibility index (Phi) is 4.25. The number of benzene rings is 1. The standard InChI is InChI=1S/C18H21NO4S2/c1-3-13-4-5-17(24-13)25(20,21)19(2)11-15-14-7-9-22-16(14)10-12-6-8-23-18(12)15/h4-5,10H,3,6-9,11H2,1-2H3. The molecular weight excluding hydrogens is 358 g/mol. The quantitative estimate of drug-likeness (QED) is 0.801. The maximum Gasteiger partial charge on any atom is 0.252 e. The Labute approximate surface area is 152 Å². The third kappa shape index (κ3) is 2.84. The Morgan fingerprint density at radius 1 is 1.20 bits per heavy atom. The minimum atomic E-state index is -3.51. The van der Waals surface area contributed by atoms with Gasteiger partial charge in [0, 0.05) is 48.0 Å². The number of sulfonamides is 1. The molecule has 25 heavy (non-hydrogen) atoms. The zero-order valence-electron chi connectivity index (χ0n) is 14.4. The molecule has 0 saturated carbocycles. The van der Waals surface area contributed by atoms with Crippen LogP contribution in [0.5, 0.6) is 11.5 Å². The first-order valence-electron chi connectivity index (χ1n) is 8.49. The van der Waals surface area contributed by atoms with Gasteiger partial charge in [-0.1, -0.05) is 6.92 Å². The molecule has 0 spiro atoms. The number of thiophene rings is 1. The van der Waals surface area contributed by atoms with Crippen molar-refractivity contribution < 1.29 is 17.9 Å². The fourth-order valence-corrected chi connectivity index (χ4v) is 6.05. The summed E-state index contributed by atoms with van der Waals surface area (Å²) in [7, 11) is -1.87. The van der Waals surface area contributed by atoms with E-state index in [1.54, 1.807) is 13.1 Å². The van der Waals surface area contributed by atoms with Gasteiger partial charge in [0.15, 0.2) is 0 Å². The molecule has 2 aromatic rings. The molecule has 0 N–H and O–H groups in total. The van der Waals surface area contributed by atoms with Crippen LogP contribution in [0, 0.1) is 0 Å². The number of rotatable bonds is 5. The van der Waals surface area contributed by atoms with E-state index in [-0.39, 0.29) is 0 Å². The van der Waals surface area contributed by atoms with Crippen molar-refractivity contribution in [2.45, 2.75) is 36.9 Å². The van der Waals surface area contributed by atoms with Crippen LogP contribution < -0.4 is 9.47 Å². The van der Waals surface area contributed by atoms with Crippen molar-refractivity contribution in [3.63, 3.8) is 0 Å². The van der Waals surface area contributed by atoms with Crippen LogP contribution >= 0.6 is 11.3 Å². The largest absolute Gasteiger partial charge is 0.493 e. The first kappa shape index (κ1) is 16.9. The molecule has 0 bridgehead atoms. The maximum absolute atomic E-state index is 12.9. The predicted molar refractivity (Wildman–Crippen MR) is 97.2 cm³/mol. The van der Waals surface area contributed by atoms with Crippen molar-refractivity contribution in [3.05, 3.63) is 39.8 Å². The van der Waals surface area contributed by atoms with Gasteiger partial charge >= 0.3 is 0 Å². The highest BCUT2D eigenvalue weighted by molar-refractivity contribution is 7.91. The molecule has 134 valence electrons. The number of fused-ring (bicyclic) bond motifs is 2. The molecule has 7 heteroatoms. The van der Waals surface area contributed by atoms with Crippen LogP contribution in [0.25, 0.3) is 0 Å². The molecule has 0 fully saturated rings. The van der Waals surface area contributed by atoms with Crippen LogP contribution in [0.1, 0.15) is 28.5 Å². The third-order valence-corrected chi connectivity index (χ3v) is 8.29. The fraction of sp³-hybridized carbons (Fsp3) is 0.444. The van der Waals surface area contributed by atoms with E-state index in [2.05, 4.69) is 6.07 Å². The molecule has 2 aliphatic heterocycles. The minimum absolute atomic E-state index is 0.302. The van der Waals surface area contributed by atoms with Crippen LogP contribution in [0.2, 0.25) is 0 Å². The highest BCUT2D eigenvalue weighted by Crippen LogP contribution is 2.41. The van der Waals surface area contributed by atoms with Gasteiger partial charge in [0.2, 0.25) is 0 Å². The van der Waals surface area contributed by atoms with Crippen molar-refractivity contribution in [1.82, 2.24) is 4.31 Å². The highest BCUT2D eigenvalue weighted by Gasteiger charge is 2.30. The average molecular weight is 380 g/mol. The van der Waals surface area contributed by atoms with E-state index in [1.807, 2.05) is 13.0 Å². The first-order valence-corrected chi connectivity index (χ1v) is 10.7. The summed E-state index contributed by atoms with van der Waals surface area (Å²) in [6.45, 7) is 3.62. The SMILES string of the molecule is CCc1ccc(S(=O)(=O)N(C)Cc2c3c(cc4c2OCC4)OCC3)s1. The van der Waals surface area contributed by atoms with Crippen molar-refractivity contribution in [2.24, 2.45) is 0 Å². The zero-order valence-corrected chi connectivity index (χ0v) is 16.0. The number of hydrogen-bond donors (Lipinski definition) is 0. The van der Waals surface area contributed by atoms with Gasteiger partial charge in [0.25, 0.3) is 10.0 Å². The average Bonchev–Trinajstić information content (AvgIpc) is 3.33. The molecule has 3 heterocycles. The van der Waals surface area contributed by atoms with Gasteiger partial charge in [0.1, 0.15) is 15.7 Å². The summed E-state index contributed by atoms with van der Waals surface area (Å²) in [6, 6.07) is 5.64. The van der Waals surface area contributed by atoms with Crippen molar-refractivity contribution in [1.29, 1.82) is 0 Å². The third-order valence-electron chi connectivity index (χ3n) is 4.79. The molecule has 4 rings (SSSR count). The molecule has 0 radical (unpaired) electrons. The normalized spacial score (nSPS) is 15.8. The summed E-state index contributed by atoms with van der Waals surface area (Å²) in [5.41, 5.74) is 3.16. The van der Waals surface area contributed by atoms with Crippen LogP contribution in [-0.2, 0) is 35.8 Å². The van der Waals surface area contributed by atoms with Gasteiger partial charge in [-0.3, -0.25) is 0 Å². The van der Waals surface area contributed by atoms with Crippen LogP contribution in [0.4, 0.5) is 0 Å². The second-order valence-corrected chi connectivity index (χ2v) is 9.79. The number of aryl methyl sites for hydroxylation is 1. The summed E-state index contributed by atoms with van der Waals surface area (Å²) >= 11 is 1.34. The molecule has 1 aromatic heterocycles. The summed E-state index contributed by atoms with van der Waals surface area (Å²) in [6.07, 6.45) is 2.49. The summed E-state index contributed by atoms with van der Waals surface area (Å²) in [5.74, 6) is 1.74. The smallest absolute Gasteiger partial charge is 0.252 e. The van der Waals surface area contributed by atoms with E-state index in [0.717, 1.165) is 52.3 Å². The van der Waals surface area contributed by atoms with E-state index in [0.29, 0.717) is 24.0 Å². The molecule has 1 aromatic carbocycles. The van der Waals surface area contributed by atoms with Crippen LogP contribution in [0.3, 0.4) is 0 Å². The molecule has 0 unspecified atom stereocenters. The summed E-state index contributed by atoms with van der Waals surface area (Å²) in [4.78, 5) is 1.07. The molecule has 0 amide bonds. The van der Waals surface area contributed by atoms with Gasteiger partial charge in [-0.05, 0) is 24.6 Å². The van der Waals surface area contributed by atoms with Crippen molar-refractivity contribution in [2.75, 3.05) is 20.3 Å². The van der Waals surface area contributed by atoms with Gasteiger partial charge in [-0.25, -0.2) is 8.42 Å². The van der Waals surface area contributed by atoms with E-state index < -0.39 is 10.0 Å². The summed E-state index contributed by atoms with van der Waals surface area (Å²) < 4.78 is 39.2. The minimum Gasteiger partial charge on any atom is -0.493 e. The lowest BCUT2D eigenvalue weighted by Crippen LogP contribution is -2.26. The van der Waals surface area contributed by atoms with Gasteiger partial charge in [0.05, 0.1) is 13.2 Å². The monoisotopic (exact) mass is 379 g/mol. The van der Waals surface area contributed by atoms with E-state index in [4.69, 9.17) is 9.47 Å². The van der Waals surface area contributed by atoms with Gasteiger partial charge < -0.3 is 9.47 Å². The van der Waals surface area contributed by atoms with Gasteiger partial charge in [-0.2, -0.15) is 4.31 Å².